The third kappa shape index (κ3) is 37.3. The number of benzene rings is 1. The van der Waals surface area contributed by atoms with Crippen molar-refractivity contribution in [3.05, 3.63) is 231 Å². The van der Waals surface area contributed by atoms with E-state index >= 15 is 0 Å². The number of rotatable bonds is 23. The van der Waals surface area contributed by atoms with Crippen molar-refractivity contribution in [3.63, 3.8) is 0 Å². The largest absolute Gasteiger partial charge is 0.492 e. The lowest BCUT2D eigenvalue weighted by Crippen LogP contribution is -2.08. The highest BCUT2D eigenvalue weighted by Crippen LogP contribution is 2.33. The Balaban J connectivity index is 0.000000332. The van der Waals surface area contributed by atoms with Crippen molar-refractivity contribution in [3.8, 4) is 40.0 Å². The van der Waals surface area contributed by atoms with Gasteiger partial charge in [0.15, 0.2) is 5.75 Å². The summed E-state index contributed by atoms with van der Waals surface area (Å²) in [4.78, 5) is 35.5. The first-order chi connectivity index (χ1) is 52.9. The van der Waals surface area contributed by atoms with Gasteiger partial charge in [-0.2, -0.15) is 0 Å². The molecule has 0 spiro atoms. The highest BCUT2D eigenvalue weighted by atomic mass is 19.1. The molecule has 0 saturated heterocycles. The molecule has 0 atom stereocenters. The molecule has 13 nitrogen and oxygen atoms in total. The van der Waals surface area contributed by atoms with Gasteiger partial charge in [0.1, 0.15) is 23.1 Å². The van der Waals surface area contributed by atoms with Crippen LogP contribution in [0.2, 0.25) is 0 Å². The Labute approximate surface area is 678 Å². The summed E-state index contributed by atoms with van der Waals surface area (Å²) in [6.45, 7) is 62.9. The number of methoxy groups -OCH3 is 1. The molecule has 0 radical (unpaired) electrons. The topological polar surface area (TPSA) is 149 Å². The summed E-state index contributed by atoms with van der Waals surface area (Å²) in [6.07, 6.45) is 16.9. The van der Waals surface area contributed by atoms with Crippen molar-refractivity contribution >= 4 is 0 Å². The van der Waals surface area contributed by atoms with E-state index < -0.39 is 0 Å². The Morgan fingerprint density at radius 2 is 0.812 bits per heavy atom. The van der Waals surface area contributed by atoms with E-state index in [-0.39, 0.29) is 18.0 Å². The second kappa shape index (κ2) is 51.9. The molecule has 9 aromatic rings. The molecule has 1 aliphatic rings. The number of ether oxygens (including phenoxy) is 5. The summed E-state index contributed by atoms with van der Waals surface area (Å²) in [6, 6.07) is 39.7. The average molecular weight is 1530 g/mol. The SMILES string of the molecule is CC(C)CCOc1ccc(C(C)C)nc1.CC(C)COc1ccc(C(C)C)nc1.CC(C)c1ccc(-c2ccccc2F)cn1.CC(C)c1ccc(C2CCCCC2)cn1.CCc1ccc(C(C)C)nc1C.COc1nc(C(C)C)ccc1OC(C)C.Cc1ccc(C(C)C)nc1C.Cc1nc(C(C)C)ccc1OC(C)C. The van der Waals surface area contributed by atoms with Crippen LogP contribution in [0.3, 0.4) is 0 Å². The molecule has 0 aliphatic heterocycles. The summed E-state index contributed by atoms with van der Waals surface area (Å²) in [7, 11) is 1.61. The van der Waals surface area contributed by atoms with E-state index in [2.05, 4.69) is 249 Å². The smallest absolute Gasteiger partial charge is 0.256 e. The number of hydrogen-bond donors (Lipinski definition) is 0. The normalized spacial score (nSPS) is 11.9. The fourth-order valence-electron chi connectivity index (χ4n) is 11.1. The van der Waals surface area contributed by atoms with Crippen molar-refractivity contribution in [2.24, 2.45) is 11.8 Å². The Bertz CT molecular complexity index is 4010. The first-order valence-corrected chi connectivity index (χ1v) is 41.5. The lowest BCUT2D eigenvalue weighted by atomic mass is 9.85. The predicted molar refractivity (Wildman–Crippen MR) is 470 cm³/mol. The molecular weight excluding hydrogens is 1390 g/mol. The van der Waals surface area contributed by atoms with Crippen LogP contribution >= 0.6 is 0 Å². The van der Waals surface area contributed by atoms with Crippen LogP contribution in [0.4, 0.5) is 4.39 Å². The molecule has 614 valence electrons. The maximum absolute atomic E-state index is 13.5. The van der Waals surface area contributed by atoms with E-state index in [0.717, 1.165) is 94.6 Å². The van der Waals surface area contributed by atoms with E-state index in [4.69, 9.17) is 23.7 Å². The molecule has 1 saturated carbocycles. The Morgan fingerprint density at radius 1 is 0.393 bits per heavy atom. The minimum absolute atomic E-state index is 0.130. The highest BCUT2D eigenvalue weighted by molar-refractivity contribution is 5.63. The summed E-state index contributed by atoms with van der Waals surface area (Å²) >= 11 is 0. The zero-order chi connectivity index (χ0) is 83.7. The third-order valence-corrected chi connectivity index (χ3v) is 18.4. The van der Waals surface area contributed by atoms with Crippen LogP contribution in [0.1, 0.15) is 344 Å². The minimum atomic E-state index is -0.207. The highest BCUT2D eigenvalue weighted by Gasteiger charge is 2.17. The molecule has 0 amide bonds. The van der Waals surface area contributed by atoms with Gasteiger partial charge < -0.3 is 23.7 Å². The molecule has 0 bridgehead atoms. The third-order valence-electron chi connectivity index (χ3n) is 18.4. The van der Waals surface area contributed by atoms with Crippen LogP contribution in [0.5, 0.6) is 28.9 Å². The van der Waals surface area contributed by atoms with Gasteiger partial charge >= 0.3 is 0 Å². The van der Waals surface area contributed by atoms with E-state index in [0.29, 0.717) is 76.4 Å². The number of halogens is 1. The first kappa shape index (κ1) is 97.5. The van der Waals surface area contributed by atoms with Crippen molar-refractivity contribution in [2.45, 2.75) is 311 Å². The second-order valence-corrected chi connectivity index (χ2v) is 33.0. The molecule has 14 heteroatoms. The standard InChI is InChI=1S/C14H14FN.C14H21N.C13H21NO.C12H19NO2.2C12H19NO.C11H17N.C10H15N/c1-10(2)14-8-7-11(9-16-14)12-5-3-4-6-13(12)15;1-11(2)14-9-8-13(10-15-14)12-6-4-3-5-7-12;1-10(2)7-8-15-12-5-6-13(11(3)4)14-9-12;1-8(2)10-6-7-11(15-9(3)4)12(13-10)14-5;1-8(2)11-6-7-12(10(5)13-11)14-9(3)4;1-9(2)8-14-11-5-6-12(10(3)4)13-7-11;1-5-10-6-7-11(8(2)3)12-9(10)4;1-7(2)10-6-5-8(3)9(4)11-10/h3-10H,1-2H3;8-12H,3-7H2,1-2H3;5-6,9-11H,7-8H2,1-4H3;6-9H,1-5H3;6-9H,1-5H3;5-7,9-10H,8H2,1-4H3;6-8H,5H2,1-4H3;5-7H,1-4H3. The molecule has 1 aliphatic carbocycles. The van der Waals surface area contributed by atoms with Crippen LogP contribution in [-0.4, -0.2) is 72.4 Å². The molecule has 112 heavy (non-hydrogen) atoms. The first-order valence-electron chi connectivity index (χ1n) is 41.5. The second-order valence-electron chi connectivity index (χ2n) is 33.0. The van der Waals surface area contributed by atoms with Gasteiger partial charge in [0, 0.05) is 80.5 Å². The van der Waals surface area contributed by atoms with Crippen molar-refractivity contribution in [1.29, 1.82) is 0 Å². The number of hydrogen-bond acceptors (Lipinski definition) is 13. The van der Waals surface area contributed by atoms with E-state index in [1.807, 2.05) is 108 Å². The van der Waals surface area contributed by atoms with Crippen LogP contribution in [-0.2, 0) is 6.42 Å². The number of pyridine rings is 8. The lowest BCUT2D eigenvalue weighted by molar-refractivity contribution is 0.226. The summed E-state index contributed by atoms with van der Waals surface area (Å²) in [5.41, 5.74) is 17.8. The van der Waals surface area contributed by atoms with E-state index in [1.54, 1.807) is 31.6 Å². The van der Waals surface area contributed by atoms with Gasteiger partial charge in [-0.15, -0.1) is 0 Å². The molecule has 1 aromatic carbocycles. The number of aromatic nitrogens is 8. The van der Waals surface area contributed by atoms with Gasteiger partial charge in [-0.25, -0.2) is 9.37 Å². The molecule has 8 heterocycles. The lowest BCUT2D eigenvalue weighted by Gasteiger charge is -2.21. The predicted octanol–water partition coefficient (Wildman–Crippen LogP) is 27.3. The van der Waals surface area contributed by atoms with Gasteiger partial charge in [-0.3, -0.25) is 34.9 Å². The van der Waals surface area contributed by atoms with Crippen LogP contribution in [0.15, 0.2) is 146 Å². The van der Waals surface area contributed by atoms with Crippen LogP contribution < -0.4 is 23.7 Å². The molecule has 1 fully saturated rings. The minimum Gasteiger partial charge on any atom is -0.492 e. The van der Waals surface area contributed by atoms with Gasteiger partial charge in [0.25, 0.3) is 5.88 Å². The number of nitrogens with zero attached hydrogens (tertiary/aromatic N) is 8. The van der Waals surface area contributed by atoms with Crippen LogP contribution in [0, 0.1) is 45.3 Å². The fraction of sp³-hybridized carbons (Fsp3) is 0.531. The monoisotopic (exact) mass is 1530 g/mol. The van der Waals surface area contributed by atoms with E-state index in [9.17, 15) is 4.39 Å². The van der Waals surface area contributed by atoms with Gasteiger partial charge in [-0.1, -0.05) is 207 Å². The molecular formula is C98H145FN8O5. The van der Waals surface area contributed by atoms with Gasteiger partial charge in [0.05, 0.1) is 50.6 Å². The summed E-state index contributed by atoms with van der Waals surface area (Å²) in [5, 5.41) is 0. The molecule has 10 rings (SSSR count). The van der Waals surface area contributed by atoms with Crippen LogP contribution in [0.25, 0.3) is 11.1 Å². The maximum atomic E-state index is 13.5. The molecule has 0 unspecified atom stereocenters. The Hall–Kier alpha value is -8.65. The van der Waals surface area contributed by atoms with Gasteiger partial charge in [0.2, 0.25) is 0 Å². The quantitative estimate of drug-likeness (QED) is 0.0598. The zero-order valence-electron chi connectivity index (χ0n) is 74.7. The number of aryl methyl sites for hydroxylation is 5. The van der Waals surface area contributed by atoms with Gasteiger partial charge in [-0.05, 0) is 242 Å². The fourth-order valence-corrected chi connectivity index (χ4v) is 11.1. The summed E-state index contributed by atoms with van der Waals surface area (Å²) < 4.78 is 41.0. The Morgan fingerprint density at radius 3 is 1.21 bits per heavy atom. The molecule has 0 N–H and O–H groups in total. The Kier molecular flexibility index (Phi) is 45.2. The molecule has 8 aromatic heterocycles. The van der Waals surface area contributed by atoms with Crippen molar-refractivity contribution in [1.82, 2.24) is 39.9 Å². The summed E-state index contributed by atoms with van der Waals surface area (Å²) in [5.74, 6) is 9.57. The zero-order valence-corrected chi connectivity index (χ0v) is 74.7. The average Bonchev–Trinajstić information content (AvgIpc) is 0.831. The maximum Gasteiger partial charge on any atom is 0.256 e. The van der Waals surface area contributed by atoms with E-state index in [1.165, 1.54) is 77.6 Å². The van der Waals surface area contributed by atoms with Crippen molar-refractivity contribution in [2.75, 3.05) is 20.3 Å². The van der Waals surface area contributed by atoms with Crippen molar-refractivity contribution < 1.29 is 28.1 Å².